The average Bonchev–Trinajstić information content (AvgIpc) is 3.00. The smallest absolute Gasteiger partial charge is 0.223 e. The third kappa shape index (κ3) is 2.08. The lowest BCUT2D eigenvalue weighted by Crippen LogP contribution is -1.89. The number of hydrogen-bond donors (Lipinski definition) is 1. The lowest BCUT2D eigenvalue weighted by atomic mass is 10.1. The quantitative estimate of drug-likeness (QED) is 0.440. The number of halogens is 2. The molecule has 0 aliphatic carbocycles. The Morgan fingerprint density at radius 2 is 2.14 bits per heavy atom. The van der Waals surface area contributed by atoms with Crippen LogP contribution in [-0.2, 0) is 0 Å². The molecule has 0 amide bonds. The molecule has 1 N–H and O–H groups in total. The number of aromatic amines is 1. The van der Waals surface area contributed by atoms with Crippen LogP contribution in [0.5, 0.6) is 0 Å². The first-order chi connectivity index (χ1) is 10.1. The van der Waals surface area contributed by atoms with Gasteiger partial charge in [-0.2, -0.15) is 0 Å². The molecule has 104 valence electrons. The normalized spacial score (nSPS) is 11.6. The molecule has 3 heterocycles. The van der Waals surface area contributed by atoms with Crippen LogP contribution in [0.4, 0.5) is 0 Å². The van der Waals surface area contributed by atoms with Gasteiger partial charge < -0.3 is 4.98 Å². The van der Waals surface area contributed by atoms with E-state index in [0.717, 1.165) is 42.5 Å². The highest BCUT2D eigenvalue weighted by molar-refractivity contribution is 9.10. The molecule has 4 rings (SSSR count). The Balaban J connectivity index is 2.13. The van der Waals surface area contributed by atoms with E-state index in [1.165, 1.54) is 0 Å². The van der Waals surface area contributed by atoms with E-state index in [9.17, 15) is 0 Å². The van der Waals surface area contributed by atoms with Gasteiger partial charge in [-0.3, -0.25) is 0 Å². The number of fused-ring (bicyclic) bond motifs is 2. The fraction of sp³-hybridized carbons (Fsp3) is 0.0667. The first-order valence-corrected chi connectivity index (χ1v) is 8.37. The standard InChI is InChI=1S/C15H9BrClN3S/c1-7-5-9-8(3-2-4-11(9)18-7)12-14-13(10(16)6-21-14)20-15(17)19-12/h2-6,18H,1H3. The predicted molar refractivity (Wildman–Crippen MR) is 92.2 cm³/mol. The fourth-order valence-electron chi connectivity index (χ4n) is 2.55. The van der Waals surface area contributed by atoms with Crippen molar-refractivity contribution < 1.29 is 0 Å². The van der Waals surface area contributed by atoms with Gasteiger partial charge in [0.1, 0.15) is 5.52 Å². The maximum absolute atomic E-state index is 6.11. The van der Waals surface area contributed by atoms with Crippen molar-refractivity contribution in [3.8, 4) is 11.3 Å². The molecular formula is C15H9BrClN3S. The first-order valence-electron chi connectivity index (χ1n) is 6.32. The molecule has 21 heavy (non-hydrogen) atoms. The Kier molecular flexibility index (Phi) is 3.03. The van der Waals surface area contributed by atoms with Gasteiger partial charge >= 0.3 is 0 Å². The SMILES string of the molecule is Cc1cc2c(-c3nc(Cl)nc4c(Br)csc34)cccc2[nH]1. The van der Waals surface area contributed by atoms with E-state index in [0.29, 0.717) is 0 Å². The van der Waals surface area contributed by atoms with Gasteiger partial charge in [0.15, 0.2) is 0 Å². The van der Waals surface area contributed by atoms with Gasteiger partial charge in [-0.25, -0.2) is 9.97 Å². The molecule has 0 fully saturated rings. The van der Waals surface area contributed by atoms with Crippen LogP contribution in [0.1, 0.15) is 5.69 Å². The zero-order valence-corrected chi connectivity index (χ0v) is 14.1. The lowest BCUT2D eigenvalue weighted by Gasteiger charge is -2.05. The summed E-state index contributed by atoms with van der Waals surface area (Å²) >= 11 is 11.2. The highest BCUT2D eigenvalue weighted by atomic mass is 79.9. The molecule has 4 aromatic rings. The van der Waals surface area contributed by atoms with E-state index < -0.39 is 0 Å². The van der Waals surface area contributed by atoms with Gasteiger partial charge in [0.25, 0.3) is 0 Å². The maximum atomic E-state index is 6.11. The van der Waals surface area contributed by atoms with Gasteiger partial charge in [0.05, 0.1) is 14.9 Å². The Labute approximate surface area is 138 Å². The zero-order chi connectivity index (χ0) is 14.6. The Hall–Kier alpha value is -1.43. The average molecular weight is 379 g/mol. The fourth-order valence-corrected chi connectivity index (χ4v) is 4.28. The molecule has 3 nitrogen and oxygen atoms in total. The largest absolute Gasteiger partial charge is 0.359 e. The minimum absolute atomic E-state index is 0.265. The summed E-state index contributed by atoms with van der Waals surface area (Å²) in [6.07, 6.45) is 0. The van der Waals surface area contributed by atoms with E-state index in [1.807, 2.05) is 18.4 Å². The number of rotatable bonds is 1. The van der Waals surface area contributed by atoms with Crippen molar-refractivity contribution >= 4 is 60.0 Å². The highest BCUT2D eigenvalue weighted by Crippen LogP contribution is 2.38. The zero-order valence-electron chi connectivity index (χ0n) is 10.9. The van der Waals surface area contributed by atoms with Crippen molar-refractivity contribution in [2.24, 2.45) is 0 Å². The van der Waals surface area contributed by atoms with Crippen LogP contribution in [0.15, 0.2) is 34.1 Å². The summed E-state index contributed by atoms with van der Waals surface area (Å²) < 4.78 is 1.99. The minimum Gasteiger partial charge on any atom is -0.359 e. The second kappa shape index (κ2) is 4.80. The second-order valence-electron chi connectivity index (χ2n) is 4.82. The summed E-state index contributed by atoms with van der Waals surface area (Å²) in [4.78, 5) is 12.1. The first kappa shape index (κ1) is 13.2. The third-order valence-corrected chi connectivity index (χ3v) is 5.45. The number of thiophene rings is 1. The molecule has 0 radical (unpaired) electrons. The van der Waals surface area contributed by atoms with E-state index >= 15 is 0 Å². The number of aromatic nitrogens is 3. The molecule has 0 unspecified atom stereocenters. The number of nitrogens with zero attached hydrogens (tertiary/aromatic N) is 2. The predicted octanol–water partition coefficient (Wildman–Crippen LogP) is 5.56. The van der Waals surface area contributed by atoms with Crippen molar-refractivity contribution in [2.45, 2.75) is 6.92 Å². The molecule has 0 bridgehead atoms. The molecule has 0 spiro atoms. The van der Waals surface area contributed by atoms with E-state index in [-0.39, 0.29) is 5.28 Å². The number of benzene rings is 1. The van der Waals surface area contributed by atoms with Crippen LogP contribution in [0.2, 0.25) is 5.28 Å². The van der Waals surface area contributed by atoms with Crippen LogP contribution in [-0.4, -0.2) is 15.0 Å². The highest BCUT2D eigenvalue weighted by Gasteiger charge is 2.15. The number of hydrogen-bond acceptors (Lipinski definition) is 3. The van der Waals surface area contributed by atoms with Crippen molar-refractivity contribution in [3.63, 3.8) is 0 Å². The summed E-state index contributed by atoms with van der Waals surface area (Å²) in [7, 11) is 0. The second-order valence-corrected chi connectivity index (χ2v) is 6.89. The van der Waals surface area contributed by atoms with Gasteiger partial charge in [-0.1, -0.05) is 12.1 Å². The molecule has 0 atom stereocenters. The van der Waals surface area contributed by atoms with Crippen LogP contribution in [0.3, 0.4) is 0 Å². The van der Waals surface area contributed by atoms with Gasteiger partial charge in [-0.05, 0) is 46.6 Å². The number of nitrogens with one attached hydrogen (secondary N) is 1. The summed E-state index contributed by atoms with van der Waals surface area (Å²) in [6.45, 7) is 2.05. The Morgan fingerprint density at radius 1 is 1.29 bits per heavy atom. The van der Waals surface area contributed by atoms with Gasteiger partial charge in [0.2, 0.25) is 5.28 Å². The molecular weight excluding hydrogens is 370 g/mol. The minimum atomic E-state index is 0.265. The van der Waals surface area contributed by atoms with Crippen LogP contribution >= 0.6 is 38.9 Å². The molecule has 3 aromatic heterocycles. The van der Waals surface area contributed by atoms with Crippen molar-refractivity contribution in [1.82, 2.24) is 15.0 Å². The number of aryl methyl sites for hydroxylation is 1. The summed E-state index contributed by atoms with van der Waals surface area (Å²) in [5, 5.41) is 3.43. The molecule has 1 aromatic carbocycles. The summed E-state index contributed by atoms with van der Waals surface area (Å²) in [5.41, 5.74) is 5.04. The summed E-state index contributed by atoms with van der Waals surface area (Å²) in [6, 6.07) is 8.30. The molecule has 6 heteroatoms. The Morgan fingerprint density at radius 3 is 3.00 bits per heavy atom. The van der Waals surface area contributed by atoms with Gasteiger partial charge in [-0.15, -0.1) is 11.3 Å². The van der Waals surface area contributed by atoms with Gasteiger partial charge in [0, 0.05) is 27.5 Å². The van der Waals surface area contributed by atoms with Crippen LogP contribution in [0.25, 0.3) is 32.4 Å². The lowest BCUT2D eigenvalue weighted by molar-refractivity contribution is 1.23. The van der Waals surface area contributed by atoms with Crippen LogP contribution in [0, 0.1) is 6.92 Å². The Bertz CT molecular complexity index is 989. The van der Waals surface area contributed by atoms with Crippen LogP contribution < -0.4 is 0 Å². The summed E-state index contributed by atoms with van der Waals surface area (Å²) in [5.74, 6) is 0. The van der Waals surface area contributed by atoms with Crippen molar-refractivity contribution in [1.29, 1.82) is 0 Å². The van der Waals surface area contributed by atoms with Crippen molar-refractivity contribution in [2.75, 3.05) is 0 Å². The van der Waals surface area contributed by atoms with Crippen molar-refractivity contribution in [3.05, 3.63) is 45.1 Å². The number of H-pyrrole nitrogens is 1. The monoisotopic (exact) mass is 377 g/mol. The molecule has 0 aliphatic heterocycles. The van der Waals surface area contributed by atoms with E-state index in [1.54, 1.807) is 11.3 Å². The third-order valence-electron chi connectivity index (χ3n) is 3.40. The topological polar surface area (TPSA) is 41.6 Å². The van der Waals surface area contributed by atoms with E-state index in [2.05, 4.69) is 49.1 Å². The van der Waals surface area contributed by atoms with E-state index in [4.69, 9.17) is 11.6 Å². The molecule has 0 saturated heterocycles. The maximum Gasteiger partial charge on any atom is 0.223 e. The molecule has 0 aliphatic rings. The molecule has 0 saturated carbocycles.